The minimum atomic E-state index is -3.86. The molecule has 0 bridgehead atoms. The Bertz CT molecular complexity index is 991. The second kappa shape index (κ2) is 9.57. The van der Waals surface area contributed by atoms with Gasteiger partial charge in [-0.25, -0.2) is 12.8 Å². The van der Waals surface area contributed by atoms with E-state index in [1.807, 2.05) is 12.1 Å². The first-order valence-electron chi connectivity index (χ1n) is 10.1. The Morgan fingerprint density at radius 1 is 1.13 bits per heavy atom. The van der Waals surface area contributed by atoms with Crippen molar-refractivity contribution in [3.63, 3.8) is 0 Å². The van der Waals surface area contributed by atoms with Gasteiger partial charge in [-0.2, -0.15) is 0 Å². The molecule has 1 saturated heterocycles. The smallest absolute Gasteiger partial charge is 0.243 e. The summed E-state index contributed by atoms with van der Waals surface area (Å²) in [5, 5.41) is 2.78. The second-order valence-corrected chi connectivity index (χ2v) is 9.57. The van der Waals surface area contributed by atoms with Crippen LogP contribution in [0.25, 0.3) is 0 Å². The van der Waals surface area contributed by atoms with E-state index in [9.17, 15) is 17.6 Å². The summed E-state index contributed by atoms with van der Waals surface area (Å²) in [5.74, 6) is -1.19. The zero-order chi connectivity index (χ0) is 21.7. The lowest BCUT2D eigenvalue weighted by Crippen LogP contribution is -2.48. The van der Waals surface area contributed by atoms with Gasteiger partial charge in [0.1, 0.15) is 11.9 Å². The van der Waals surface area contributed by atoms with Crippen molar-refractivity contribution in [1.29, 1.82) is 0 Å². The van der Waals surface area contributed by atoms with Crippen LogP contribution in [0.5, 0.6) is 0 Å². The Balaban J connectivity index is 1.68. The van der Waals surface area contributed by atoms with Gasteiger partial charge in [-0.3, -0.25) is 14.0 Å². The summed E-state index contributed by atoms with van der Waals surface area (Å²) in [5.41, 5.74) is 1.97. The molecule has 3 rings (SSSR count). The van der Waals surface area contributed by atoms with Crippen LogP contribution in [0.4, 0.5) is 10.1 Å². The largest absolute Gasteiger partial charge is 0.350 e. The summed E-state index contributed by atoms with van der Waals surface area (Å²) in [7, 11) is -3.86. The molecule has 1 aliphatic rings. The van der Waals surface area contributed by atoms with Gasteiger partial charge >= 0.3 is 0 Å². The zero-order valence-corrected chi connectivity index (χ0v) is 18.2. The van der Waals surface area contributed by atoms with Crippen LogP contribution in [0.15, 0.2) is 48.5 Å². The lowest BCUT2D eigenvalue weighted by molar-refractivity contribution is -0.122. The van der Waals surface area contributed by atoms with E-state index in [0.29, 0.717) is 0 Å². The van der Waals surface area contributed by atoms with Crippen molar-refractivity contribution >= 4 is 21.6 Å². The Morgan fingerprint density at radius 2 is 1.80 bits per heavy atom. The zero-order valence-electron chi connectivity index (χ0n) is 17.3. The number of rotatable bonds is 8. The fourth-order valence-corrected chi connectivity index (χ4v) is 4.96. The summed E-state index contributed by atoms with van der Waals surface area (Å²) < 4.78 is 39.6. The van der Waals surface area contributed by atoms with E-state index in [-0.39, 0.29) is 12.2 Å². The number of carbonyl (C=O) groups excluding carboxylic acids is 1. The maximum Gasteiger partial charge on any atom is 0.243 e. The standard InChI is InChI=1S/C22H28FN3O3S/c1-17(26(30(2,28)29)21-11-4-3-10-20(21)23)22(27)24-15-18-8-7-9-19(14-18)16-25-12-5-6-13-25/h3-4,7-11,14,17H,5-6,12-13,15-16H2,1-2H3,(H,24,27)/t17-/m1/s1. The molecule has 1 aliphatic heterocycles. The highest BCUT2D eigenvalue weighted by molar-refractivity contribution is 7.92. The molecule has 2 aromatic carbocycles. The normalized spacial score (nSPS) is 15.7. The summed E-state index contributed by atoms with van der Waals surface area (Å²) in [4.78, 5) is 15.1. The van der Waals surface area contributed by atoms with E-state index in [2.05, 4.69) is 22.3 Å². The van der Waals surface area contributed by atoms with Crippen LogP contribution in [0.3, 0.4) is 0 Å². The van der Waals surface area contributed by atoms with Crippen molar-refractivity contribution in [2.45, 2.75) is 38.9 Å². The summed E-state index contributed by atoms with van der Waals surface area (Å²) >= 11 is 0. The van der Waals surface area contributed by atoms with Crippen molar-refractivity contribution in [2.24, 2.45) is 0 Å². The fourth-order valence-electron chi connectivity index (χ4n) is 3.79. The molecule has 0 aliphatic carbocycles. The van der Waals surface area contributed by atoms with Crippen molar-refractivity contribution < 1.29 is 17.6 Å². The molecule has 0 spiro atoms. The predicted octanol–water partition coefficient (Wildman–Crippen LogP) is 2.89. The minimum absolute atomic E-state index is 0.143. The average Bonchev–Trinajstić information content (AvgIpc) is 3.20. The number of carbonyl (C=O) groups is 1. The SMILES string of the molecule is C[C@H](C(=O)NCc1cccc(CN2CCCC2)c1)N(c1ccccc1F)S(C)(=O)=O. The number of para-hydroxylation sites is 1. The quantitative estimate of drug-likeness (QED) is 0.695. The lowest BCUT2D eigenvalue weighted by atomic mass is 10.1. The molecule has 1 atom stereocenters. The molecule has 1 fully saturated rings. The monoisotopic (exact) mass is 433 g/mol. The van der Waals surface area contributed by atoms with Gasteiger partial charge < -0.3 is 5.32 Å². The first kappa shape index (κ1) is 22.2. The molecule has 0 aromatic heterocycles. The third-order valence-electron chi connectivity index (χ3n) is 5.24. The molecule has 30 heavy (non-hydrogen) atoms. The van der Waals surface area contributed by atoms with Gasteiger partial charge in [-0.1, -0.05) is 36.4 Å². The summed E-state index contributed by atoms with van der Waals surface area (Å²) in [6, 6.07) is 12.4. The lowest BCUT2D eigenvalue weighted by Gasteiger charge is -2.28. The Labute approximate surface area is 177 Å². The van der Waals surface area contributed by atoms with E-state index in [1.165, 1.54) is 49.6 Å². The van der Waals surface area contributed by atoms with Gasteiger partial charge in [0.15, 0.2) is 0 Å². The van der Waals surface area contributed by atoms with Crippen molar-refractivity contribution in [3.8, 4) is 0 Å². The van der Waals surface area contributed by atoms with Gasteiger partial charge in [0.05, 0.1) is 11.9 Å². The van der Waals surface area contributed by atoms with Crippen LogP contribution in [0.2, 0.25) is 0 Å². The molecule has 1 amide bonds. The number of nitrogens with zero attached hydrogens (tertiary/aromatic N) is 2. The molecule has 8 heteroatoms. The molecule has 162 valence electrons. The minimum Gasteiger partial charge on any atom is -0.350 e. The number of hydrogen-bond acceptors (Lipinski definition) is 4. The number of nitrogens with one attached hydrogen (secondary N) is 1. The highest BCUT2D eigenvalue weighted by atomic mass is 32.2. The van der Waals surface area contributed by atoms with Crippen molar-refractivity contribution in [3.05, 3.63) is 65.5 Å². The van der Waals surface area contributed by atoms with Gasteiger partial charge in [0, 0.05) is 13.1 Å². The number of anilines is 1. The number of benzene rings is 2. The topological polar surface area (TPSA) is 69.7 Å². The molecule has 0 saturated carbocycles. The Morgan fingerprint density at radius 3 is 2.47 bits per heavy atom. The van der Waals surface area contributed by atoms with Crippen molar-refractivity contribution in [1.82, 2.24) is 10.2 Å². The van der Waals surface area contributed by atoms with E-state index in [1.54, 1.807) is 0 Å². The first-order chi connectivity index (χ1) is 14.3. The second-order valence-electron chi connectivity index (χ2n) is 7.71. The van der Waals surface area contributed by atoms with E-state index >= 15 is 0 Å². The molecule has 2 aromatic rings. The van der Waals surface area contributed by atoms with Crippen molar-refractivity contribution in [2.75, 3.05) is 23.7 Å². The number of amides is 1. The van der Waals surface area contributed by atoms with Crippen LogP contribution in [0.1, 0.15) is 30.9 Å². The van der Waals surface area contributed by atoms with Gasteiger partial charge in [-0.15, -0.1) is 0 Å². The Hall–Kier alpha value is -2.45. The third-order valence-corrected chi connectivity index (χ3v) is 6.47. The van der Waals surface area contributed by atoms with Crippen LogP contribution < -0.4 is 9.62 Å². The van der Waals surface area contributed by atoms with Crippen LogP contribution in [-0.2, 0) is 27.9 Å². The maximum atomic E-state index is 14.2. The fraction of sp³-hybridized carbons (Fsp3) is 0.409. The molecule has 1 N–H and O–H groups in total. The van der Waals surface area contributed by atoms with Gasteiger partial charge in [0.2, 0.25) is 15.9 Å². The molecular weight excluding hydrogens is 405 g/mol. The molecular formula is C22H28FN3O3S. The number of likely N-dealkylation sites (tertiary alicyclic amines) is 1. The van der Waals surface area contributed by atoms with Crippen LogP contribution in [0, 0.1) is 5.82 Å². The average molecular weight is 434 g/mol. The Kier molecular flexibility index (Phi) is 7.10. The summed E-state index contributed by atoms with van der Waals surface area (Å²) in [6.45, 7) is 4.82. The van der Waals surface area contributed by atoms with Crippen LogP contribution in [-0.4, -0.2) is 44.6 Å². The number of sulfonamides is 1. The predicted molar refractivity (Wildman–Crippen MR) is 116 cm³/mol. The number of hydrogen-bond donors (Lipinski definition) is 1. The van der Waals surface area contributed by atoms with E-state index < -0.39 is 27.8 Å². The van der Waals surface area contributed by atoms with Crippen LogP contribution >= 0.6 is 0 Å². The van der Waals surface area contributed by atoms with E-state index in [0.717, 1.165) is 35.8 Å². The van der Waals surface area contributed by atoms with Gasteiger partial charge in [-0.05, 0) is 56.1 Å². The maximum absolute atomic E-state index is 14.2. The molecule has 1 heterocycles. The molecule has 0 unspecified atom stereocenters. The highest BCUT2D eigenvalue weighted by Crippen LogP contribution is 2.24. The third kappa shape index (κ3) is 5.58. The number of halogens is 1. The molecule has 0 radical (unpaired) electrons. The summed E-state index contributed by atoms with van der Waals surface area (Å²) in [6.07, 6.45) is 3.42. The molecule has 6 nitrogen and oxygen atoms in total. The highest BCUT2D eigenvalue weighted by Gasteiger charge is 2.30. The van der Waals surface area contributed by atoms with Gasteiger partial charge in [0.25, 0.3) is 0 Å². The first-order valence-corrected chi connectivity index (χ1v) is 11.9. The van der Waals surface area contributed by atoms with E-state index in [4.69, 9.17) is 0 Å².